The Bertz CT molecular complexity index is 439. The predicted molar refractivity (Wildman–Crippen MR) is 64.8 cm³/mol. The number of hydrogen-bond donors (Lipinski definition) is 0. The molecule has 4 heteroatoms. The zero-order valence-electron chi connectivity index (χ0n) is 10.8. The van der Waals surface area contributed by atoms with Crippen molar-refractivity contribution in [3.05, 3.63) is 23.8 Å². The maximum Gasteiger partial charge on any atom is 0.318 e. The van der Waals surface area contributed by atoms with Crippen LogP contribution in [0.1, 0.15) is 25.7 Å². The molecule has 2 bridgehead atoms. The monoisotopic (exact) mass is 250 g/mol. The molecular formula is C14H18O4. The van der Waals surface area contributed by atoms with Gasteiger partial charge in [-0.15, -0.1) is 0 Å². The summed E-state index contributed by atoms with van der Waals surface area (Å²) >= 11 is 0. The van der Waals surface area contributed by atoms with Crippen LogP contribution in [0, 0.1) is 5.92 Å². The first-order valence-electron chi connectivity index (χ1n) is 6.40. The number of methoxy groups -OCH3 is 2. The Kier molecular flexibility index (Phi) is 2.61. The third kappa shape index (κ3) is 1.42. The van der Waals surface area contributed by atoms with Crippen LogP contribution in [0.2, 0.25) is 0 Å². The van der Waals surface area contributed by atoms with Gasteiger partial charge in [-0.2, -0.15) is 0 Å². The second-order valence-electron chi connectivity index (χ2n) is 5.15. The van der Waals surface area contributed by atoms with Gasteiger partial charge in [0.2, 0.25) is 5.79 Å². The first-order valence-corrected chi connectivity index (χ1v) is 6.40. The van der Waals surface area contributed by atoms with Gasteiger partial charge >= 0.3 is 5.97 Å². The summed E-state index contributed by atoms with van der Waals surface area (Å²) in [7, 11) is 2.96. The lowest BCUT2D eigenvalue weighted by molar-refractivity contribution is -0.247. The molecule has 0 unspecified atom stereocenters. The quantitative estimate of drug-likeness (QED) is 0.555. The lowest BCUT2D eigenvalue weighted by atomic mass is 9.78. The molecule has 0 aromatic carbocycles. The number of esters is 1. The standard InChI is InChI=1S/C14H18O4/c1-16-12(15)11-9-10-5-3-4-6-13(10)7-8-14(11,17-2)18-13/h7-9,11H,3-6H2,1-2H3/t11-,13-,14+/m1/s1. The van der Waals surface area contributed by atoms with E-state index in [-0.39, 0.29) is 11.6 Å². The van der Waals surface area contributed by atoms with Gasteiger partial charge < -0.3 is 14.2 Å². The highest BCUT2D eigenvalue weighted by atomic mass is 16.7. The molecule has 2 heterocycles. The second kappa shape index (κ2) is 3.93. The molecule has 1 aliphatic carbocycles. The van der Waals surface area contributed by atoms with Crippen molar-refractivity contribution in [2.75, 3.05) is 14.2 Å². The molecule has 3 atom stereocenters. The average molecular weight is 250 g/mol. The fourth-order valence-electron chi connectivity index (χ4n) is 3.29. The molecule has 1 spiro atoms. The van der Waals surface area contributed by atoms with E-state index in [1.54, 1.807) is 7.11 Å². The maximum absolute atomic E-state index is 11.9. The van der Waals surface area contributed by atoms with Crippen molar-refractivity contribution in [3.63, 3.8) is 0 Å². The van der Waals surface area contributed by atoms with Crippen LogP contribution in [0.25, 0.3) is 0 Å². The summed E-state index contributed by atoms with van der Waals surface area (Å²) in [5.74, 6) is -1.80. The Labute approximate surface area is 107 Å². The highest BCUT2D eigenvalue weighted by Crippen LogP contribution is 2.52. The molecule has 0 aromatic rings. The molecule has 0 saturated heterocycles. The van der Waals surface area contributed by atoms with Crippen LogP contribution in [-0.4, -0.2) is 31.6 Å². The summed E-state index contributed by atoms with van der Waals surface area (Å²) in [6.45, 7) is 0. The van der Waals surface area contributed by atoms with E-state index in [9.17, 15) is 4.79 Å². The van der Waals surface area contributed by atoms with Crippen molar-refractivity contribution in [3.8, 4) is 0 Å². The molecule has 0 radical (unpaired) electrons. The molecule has 1 saturated carbocycles. The van der Waals surface area contributed by atoms with Crippen LogP contribution in [0.5, 0.6) is 0 Å². The van der Waals surface area contributed by atoms with E-state index in [1.165, 1.54) is 12.7 Å². The van der Waals surface area contributed by atoms with E-state index in [2.05, 4.69) is 6.08 Å². The number of ether oxygens (including phenoxy) is 3. The maximum atomic E-state index is 11.9. The number of carbonyl (C=O) groups excluding carboxylic acids is 1. The lowest BCUT2D eigenvalue weighted by Gasteiger charge is -2.45. The van der Waals surface area contributed by atoms with E-state index in [4.69, 9.17) is 14.2 Å². The molecule has 0 amide bonds. The van der Waals surface area contributed by atoms with Gasteiger partial charge in [0.15, 0.2) is 0 Å². The van der Waals surface area contributed by atoms with Gasteiger partial charge in [-0.3, -0.25) is 4.79 Å². The van der Waals surface area contributed by atoms with Gasteiger partial charge in [-0.05, 0) is 43.4 Å². The first kappa shape index (κ1) is 11.9. The fourth-order valence-corrected chi connectivity index (χ4v) is 3.29. The minimum absolute atomic E-state index is 0.310. The summed E-state index contributed by atoms with van der Waals surface area (Å²) in [5.41, 5.74) is 0.865. The minimum atomic E-state index is -0.978. The number of rotatable bonds is 2. The second-order valence-corrected chi connectivity index (χ2v) is 5.15. The Balaban J connectivity index is 2.06. The molecule has 3 aliphatic rings. The van der Waals surface area contributed by atoms with Crippen molar-refractivity contribution in [2.24, 2.45) is 5.92 Å². The molecule has 0 N–H and O–H groups in total. The van der Waals surface area contributed by atoms with Crippen molar-refractivity contribution in [1.29, 1.82) is 0 Å². The molecule has 2 aliphatic heterocycles. The minimum Gasteiger partial charge on any atom is -0.468 e. The van der Waals surface area contributed by atoms with E-state index >= 15 is 0 Å². The molecule has 4 nitrogen and oxygen atoms in total. The van der Waals surface area contributed by atoms with E-state index in [0.29, 0.717) is 0 Å². The van der Waals surface area contributed by atoms with Crippen molar-refractivity contribution in [1.82, 2.24) is 0 Å². The number of carbonyl (C=O) groups is 1. The molecule has 98 valence electrons. The van der Waals surface area contributed by atoms with E-state index in [1.807, 2.05) is 12.2 Å². The predicted octanol–water partition coefficient (Wildman–Crippen LogP) is 1.96. The Morgan fingerprint density at radius 3 is 2.94 bits per heavy atom. The smallest absolute Gasteiger partial charge is 0.318 e. The first-order chi connectivity index (χ1) is 8.66. The summed E-state index contributed by atoms with van der Waals surface area (Å²) in [4.78, 5) is 11.9. The number of fused-ring (bicyclic) bond motifs is 1. The van der Waals surface area contributed by atoms with E-state index < -0.39 is 11.7 Å². The molecule has 1 fully saturated rings. The SMILES string of the molecule is COC(=O)[C@H]1C=C2CCCC[C@@]23C=C[C@]1(OC)O3. The Hall–Kier alpha value is -1.13. The van der Waals surface area contributed by atoms with Crippen LogP contribution in [0.15, 0.2) is 23.8 Å². The van der Waals surface area contributed by atoms with Crippen molar-refractivity contribution >= 4 is 5.97 Å². The van der Waals surface area contributed by atoms with Crippen LogP contribution in [0.3, 0.4) is 0 Å². The van der Waals surface area contributed by atoms with Crippen LogP contribution >= 0.6 is 0 Å². The van der Waals surface area contributed by atoms with Gasteiger partial charge in [0.1, 0.15) is 11.5 Å². The van der Waals surface area contributed by atoms with Gasteiger partial charge in [-0.1, -0.05) is 6.08 Å². The molecule has 18 heavy (non-hydrogen) atoms. The topological polar surface area (TPSA) is 44.8 Å². The van der Waals surface area contributed by atoms with Gasteiger partial charge in [0, 0.05) is 7.11 Å². The average Bonchev–Trinajstić information content (AvgIpc) is 2.72. The Morgan fingerprint density at radius 1 is 1.39 bits per heavy atom. The summed E-state index contributed by atoms with van der Waals surface area (Å²) in [5, 5.41) is 0. The highest BCUT2D eigenvalue weighted by molar-refractivity contribution is 5.77. The third-order valence-electron chi connectivity index (χ3n) is 4.29. The molecule has 0 aromatic heterocycles. The zero-order chi connectivity index (χ0) is 12.8. The summed E-state index contributed by atoms with van der Waals surface area (Å²) < 4.78 is 16.5. The van der Waals surface area contributed by atoms with Gasteiger partial charge in [0.25, 0.3) is 0 Å². The van der Waals surface area contributed by atoms with Gasteiger partial charge in [0.05, 0.1) is 7.11 Å². The number of hydrogen-bond acceptors (Lipinski definition) is 4. The van der Waals surface area contributed by atoms with Crippen molar-refractivity contribution in [2.45, 2.75) is 37.1 Å². The van der Waals surface area contributed by atoms with Crippen LogP contribution < -0.4 is 0 Å². The van der Waals surface area contributed by atoms with Crippen LogP contribution in [0.4, 0.5) is 0 Å². The van der Waals surface area contributed by atoms with E-state index in [0.717, 1.165) is 25.7 Å². The zero-order valence-corrected chi connectivity index (χ0v) is 10.8. The highest BCUT2D eigenvalue weighted by Gasteiger charge is 2.57. The third-order valence-corrected chi connectivity index (χ3v) is 4.29. The fraction of sp³-hybridized carbons (Fsp3) is 0.643. The molecule has 3 rings (SSSR count). The molecular weight excluding hydrogens is 232 g/mol. The van der Waals surface area contributed by atoms with Crippen molar-refractivity contribution < 1.29 is 19.0 Å². The largest absolute Gasteiger partial charge is 0.468 e. The summed E-state index contributed by atoms with van der Waals surface area (Å²) in [6, 6.07) is 0. The Morgan fingerprint density at radius 2 is 2.22 bits per heavy atom. The summed E-state index contributed by atoms with van der Waals surface area (Å²) in [6.07, 6.45) is 10.2. The lowest BCUT2D eigenvalue weighted by Crippen LogP contribution is -2.51. The van der Waals surface area contributed by atoms with Gasteiger partial charge in [-0.25, -0.2) is 0 Å². The van der Waals surface area contributed by atoms with Crippen LogP contribution in [-0.2, 0) is 19.0 Å². The normalized spacial score (nSPS) is 41.2.